The highest BCUT2D eigenvalue weighted by Gasteiger charge is 2.23. The first-order valence-electron chi connectivity index (χ1n) is 9.43. The highest BCUT2D eigenvalue weighted by atomic mass is 19.1. The molecule has 4 rings (SSSR count). The van der Waals surface area contributed by atoms with E-state index >= 15 is 0 Å². The van der Waals surface area contributed by atoms with Gasteiger partial charge in [0.25, 0.3) is 0 Å². The van der Waals surface area contributed by atoms with Crippen molar-refractivity contribution in [3.63, 3.8) is 0 Å². The molecule has 1 aliphatic heterocycles. The first kappa shape index (κ1) is 17.8. The Bertz CT molecular complexity index is 935. The van der Waals surface area contributed by atoms with Crippen LogP contribution in [0.25, 0.3) is 10.9 Å². The molecule has 0 saturated carbocycles. The highest BCUT2D eigenvalue weighted by molar-refractivity contribution is 5.78. The normalized spacial score (nSPS) is 15.6. The van der Waals surface area contributed by atoms with Crippen molar-refractivity contribution in [1.29, 1.82) is 0 Å². The molecule has 0 atom stereocenters. The fourth-order valence-electron chi connectivity index (χ4n) is 3.60. The fourth-order valence-corrected chi connectivity index (χ4v) is 3.60. The van der Waals surface area contributed by atoms with Gasteiger partial charge in [0.2, 0.25) is 0 Å². The summed E-state index contributed by atoms with van der Waals surface area (Å²) in [6, 6.07) is 10.5. The molecule has 1 fully saturated rings. The average Bonchev–Trinajstić information content (AvgIpc) is 2.68. The molecule has 0 aliphatic carbocycles. The molecule has 1 aromatic carbocycles. The zero-order valence-corrected chi connectivity index (χ0v) is 15.8. The standard InChI is InChI=1S/C21H24FN5/c1-15(2)20-19(22)21(25-14-24-20)27-10-8-26(9-11-27)13-16-5-6-18-17(12-16)4-3-7-23-18/h3-7,12,14-15H,8-11,13H2,1-2H3. The lowest BCUT2D eigenvalue weighted by Crippen LogP contribution is -2.46. The summed E-state index contributed by atoms with van der Waals surface area (Å²) in [6.07, 6.45) is 3.29. The van der Waals surface area contributed by atoms with Crippen molar-refractivity contribution in [2.45, 2.75) is 26.3 Å². The minimum atomic E-state index is -0.275. The van der Waals surface area contributed by atoms with Crippen LogP contribution in [0, 0.1) is 5.82 Å². The van der Waals surface area contributed by atoms with E-state index in [1.54, 1.807) is 0 Å². The Balaban J connectivity index is 1.42. The van der Waals surface area contributed by atoms with Crippen LogP contribution in [0.1, 0.15) is 31.0 Å². The van der Waals surface area contributed by atoms with Crippen LogP contribution in [-0.2, 0) is 6.54 Å². The predicted octanol–water partition coefficient (Wildman–Crippen LogP) is 3.61. The Morgan fingerprint density at radius 1 is 1.04 bits per heavy atom. The molecule has 0 amide bonds. The SMILES string of the molecule is CC(C)c1ncnc(N2CCN(Cc3ccc4ncccc4c3)CC2)c1F. The van der Waals surface area contributed by atoms with E-state index in [0.717, 1.165) is 43.6 Å². The topological polar surface area (TPSA) is 45.2 Å². The molecule has 0 N–H and O–H groups in total. The number of fused-ring (bicyclic) bond motifs is 1. The van der Waals surface area contributed by atoms with E-state index in [1.807, 2.05) is 31.0 Å². The molecule has 0 unspecified atom stereocenters. The summed E-state index contributed by atoms with van der Waals surface area (Å²) >= 11 is 0. The number of aromatic nitrogens is 3. The van der Waals surface area contributed by atoms with Crippen LogP contribution in [0.4, 0.5) is 10.2 Å². The number of pyridine rings is 1. The summed E-state index contributed by atoms with van der Waals surface area (Å²) in [5.41, 5.74) is 2.79. The molecular formula is C21H24FN5. The molecular weight excluding hydrogens is 341 g/mol. The summed E-state index contributed by atoms with van der Waals surface area (Å²) in [5.74, 6) is 0.212. The maximum Gasteiger partial charge on any atom is 0.187 e. The van der Waals surface area contributed by atoms with Crippen molar-refractivity contribution < 1.29 is 4.39 Å². The summed E-state index contributed by atoms with van der Waals surface area (Å²) in [5, 5.41) is 1.16. The first-order chi connectivity index (χ1) is 13.1. The maximum atomic E-state index is 14.7. The van der Waals surface area contributed by atoms with E-state index in [-0.39, 0.29) is 11.7 Å². The first-order valence-corrected chi connectivity index (χ1v) is 9.43. The number of rotatable bonds is 4. The number of piperazine rings is 1. The summed E-state index contributed by atoms with van der Waals surface area (Å²) in [4.78, 5) is 17.1. The van der Waals surface area contributed by atoms with Gasteiger partial charge in [-0.15, -0.1) is 0 Å². The molecule has 3 aromatic rings. The van der Waals surface area contributed by atoms with Crippen LogP contribution >= 0.6 is 0 Å². The summed E-state index contributed by atoms with van der Waals surface area (Å²) < 4.78 is 14.7. The van der Waals surface area contributed by atoms with Gasteiger partial charge in [-0.1, -0.05) is 26.0 Å². The van der Waals surface area contributed by atoms with Crippen LogP contribution in [0.5, 0.6) is 0 Å². The van der Waals surface area contributed by atoms with Crippen molar-refractivity contribution >= 4 is 16.7 Å². The number of halogens is 1. The van der Waals surface area contributed by atoms with Gasteiger partial charge >= 0.3 is 0 Å². The Morgan fingerprint density at radius 3 is 2.63 bits per heavy atom. The zero-order chi connectivity index (χ0) is 18.8. The van der Waals surface area contributed by atoms with Crippen LogP contribution < -0.4 is 4.90 Å². The molecule has 5 nitrogen and oxygen atoms in total. The lowest BCUT2D eigenvalue weighted by atomic mass is 10.1. The third-order valence-corrected chi connectivity index (χ3v) is 5.09. The number of benzene rings is 1. The summed E-state index contributed by atoms with van der Waals surface area (Å²) in [6.45, 7) is 8.08. The van der Waals surface area contributed by atoms with Crippen LogP contribution in [-0.4, -0.2) is 46.0 Å². The van der Waals surface area contributed by atoms with Crippen molar-refractivity contribution in [3.05, 3.63) is 59.9 Å². The number of hydrogen-bond acceptors (Lipinski definition) is 5. The van der Waals surface area contributed by atoms with E-state index in [4.69, 9.17) is 0 Å². The third kappa shape index (κ3) is 3.76. The molecule has 2 aromatic heterocycles. The van der Waals surface area contributed by atoms with Gasteiger partial charge in [-0.25, -0.2) is 14.4 Å². The molecule has 0 spiro atoms. The Morgan fingerprint density at radius 2 is 1.85 bits per heavy atom. The second-order valence-electron chi connectivity index (χ2n) is 7.34. The minimum absolute atomic E-state index is 0.0513. The fraction of sp³-hybridized carbons (Fsp3) is 0.381. The van der Waals surface area contributed by atoms with Gasteiger partial charge in [-0.3, -0.25) is 9.88 Å². The van der Waals surface area contributed by atoms with Gasteiger partial charge in [0, 0.05) is 44.3 Å². The maximum absolute atomic E-state index is 14.7. The average molecular weight is 365 g/mol. The van der Waals surface area contributed by atoms with Crippen LogP contribution in [0.3, 0.4) is 0 Å². The van der Waals surface area contributed by atoms with Gasteiger partial charge in [0.1, 0.15) is 6.33 Å². The predicted molar refractivity (Wildman–Crippen MR) is 105 cm³/mol. The number of hydrogen-bond donors (Lipinski definition) is 0. The second-order valence-corrected chi connectivity index (χ2v) is 7.34. The van der Waals surface area contributed by atoms with Gasteiger partial charge in [-0.2, -0.15) is 0 Å². The molecule has 0 bridgehead atoms. The lowest BCUT2D eigenvalue weighted by Gasteiger charge is -2.35. The largest absolute Gasteiger partial charge is 0.352 e. The molecule has 1 saturated heterocycles. The smallest absolute Gasteiger partial charge is 0.187 e. The van der Waals surface area contributed by atoms with E-state index in [9.17, 15) is 4.39 Å². The van der Waals surface area contributed by atoms with Crippen molar-refractivity contribution in [1.82, 2.24) is 19.9 Å². The van der Waals surface area contributed by atoms with E-state index in [2.05, 4.69) is 44.1 Å². The van der Waals surface area contributed by atoms with Gasteiger partial charge < -0.3 is 4.90 Å². The molecule has 27 heavy (non-hydrogen) atoms. The van der Waals surface area contributed by atoms with Gasteiger partial charge in [0.15, 0.2) is 11.6 Å². The summed E-state index contributed by atoms with van der Waals surface area (Å²) in [7, 11) is 0. The molecule has 1 aliphatic rings. The van der Waals surface area contributed by atoms with Gasteiger partial charge in [-0.05, 0) is 29.7 Å². The van der Waals surface area contributed by atoms with Gasteiger partial charge in [0.05, 0.1) is 11.2 Å². The van der Waals surface area contributed by atoms with E-state index in [0.29, 0.717) is 11.5 Å². The molecule has 0 radical (unpaired) electrons. The van der Waals surface area contributed by atoms with Crippen LogP contribution in [0.15, 0.2) is 42.9 Å². The Hall–Kier alpha value is -2.60. The Labute approximate surface area is 158 Å². The quantitative estimate of drug-likeness (QED) is 0.707. The minimum Gasteiger partial charge on any atom is -0.352 e. The number of nitrogens with zero attached hydrogens (tertiary/aromatic N) is 5. The van der Waals surface area contributed by atoms with Crippen molar-refractivity contribution in [3.8, 4) is 0 Å². The zero-order valence-electron chi connectivity index (χ0n) is 15.8. The van der Waals surface area contributed by atoms with E-state index < -0.39 is 0 Å². The lowest BCUT2D eigenvalue weighted by molar-refractivity contribution is 0.248. The Kier molecular flexibility index (Phi) is 4.99. The van der Waals surface area contributed by atoms with Crippen LogP contribution in [0.2, 0.25) is 0 Å². The third-order valence-electron chi connectivity index (χ3n) is 5.09. The van der Waals surface area contributed by atoms with Crippen molar-refractivity contribution in [2.75, 3.05) is 31.1 Å². The van der Waals surface area contributed by atoms with Crippen molar-refractivity contribution in [2.24, 2.45) is 0 Å². The highest BCUT2D eigenvalue weighted by Crippen LogP contribution is 2.24. The van der Waals surface area contributed by atoms with E-state index in [1.165, 1.54) is 11.9 Å². The molecule has 3 heterocycles. The molecule has 6 heteroatoms. The second kappa shape index (κ2) is 7.56. The number of anilines is 1. The monoisotopic (exact) mass is 365 g/mol. The molecule has 140 valence electrons.